The number of nitrogens with zero attached hydrogens (tertiary/aromatic N) is 3. The van der Waals surface area contributed by atoms with E-state index in [1.165, 1.54) is 11.8 Å². The summed E-state index contributed by atoms with van der Waals surface area (Å²) in [5.41, 5.74) is 1.23. The number of rotatable bonds is 4. The summed E-state index contributed by atoms with van der Waals surface area (Å²) in [4.78, 5) is 11.3. The molecule has 5 nitrogen and oxygen atoms in total. The lowest BCUT2D eigenvalue weighted by Crippen LogP contribution is -2.06. The number of thioether (sulfide) groups is 1. The molecule has 0 N–H and O–H groups in total. The molecular weight excluding hydrogens is 250 g/mol. The van der Waals surface area contributed by atoms with Gasteiger partial charge in [-0.05, 0) is 19.1 Å². The summed E-state index contributed by atoms with van der Waals surface area (Å²) in [6, 6.07) is 7.62. The molecule has 6 heteroatoms. The molecule has 0 aliphatic rings. The Morgan fingerprint density at radius 3 is 3.17 bits per heavy atom. The van der Waals surface area contributed by atoms with Gasteiger partial charge in [-0.1, -0.05) is 17.8 Å². The molecule has 0 radical (unpaired) electrons. The fraction of sp³-hybridized carbons (Fsp3) is 0.250. The van der Waals surface area contributed by atoms with Crippen LogP contribution >= 0.6 is 11.8 Å². The highest BCUT2D eigenvalue weighted by molar-refractivity contribution is 7.99. The molecule has 2 aromatic heterocycles. The normalized spacial score (nSPS) is 10.2. The van der Waals surface area contributed by atoms with Crippen LogP contribution in [-0.4, -0.2) is 27.9 Å². The molecule has 92 valence electrons. The van der Waals surface area contributed by atoms with Crippen LogP contribution in [0.4, 0.5) is 0 Å². The lowest BCUT2D eigenvalue weighted by molar-refractivity contribution is -0.139. The summed E-state index contributed by atoms with van der Waals surface area (Å²) in [6.07, 6.45) is 1.77. The maximum Gasteiger partial charge on any atom is 0.316 e. The molecule has 0 unspecified atom stereocenters. The van der Waals surface area contributed by atoms with Gasteiger partial charge in [-0.25, -0.2) is 4.52 Å². The van der Waals surface area contributed by atoms with Gasteiger partial charge in [0.05, 0.1) is 17.9 Å². The minimum absolute atomic E-state index is 0.159. The van der Waals surface area contributed by atoms with E-state index in [2.05, 4.69) is 11.2 Å². The van der Waals surface area contributed by atoms with Crippen LogP contribution in [0.5, 0.6) is 0 Å². The van der Waals surface area contributed by atoms with Gasteiger partial charge in [0.15, 0.2) is 0 Å². The zero-order valence-electron chi connectivity index (χ0n) is 9.79. The van der Waals surface area contributed by atoms with Gasteiger partial charge in [-0.2, -0.15) is 10.4 Å². The Bertz CT molecular complexity index is 615. The van der Waals surface area contributed by atoms with Crippen LogP contribution in [0.15, 0.2) is 29.4 Å². The highest BCUT2D eigenvalue weighted by Gasteiger charge is 2.14. The number of fused-ring (bicyclic) bond motifs is 1. The molecule has 18 heavy (non-hydrogen) atoms. The van der Waals surface area contributed by atoms with Crippen LogP contribution in [0.1, 0.15) is 12.5 Å². The summed E-state index contributed by atoms with van der Waals surface area (Å²) < 4.78 is 6.46. The van der Waals surface area contributed by atoms with Crippen LogP contribution < -0.4 is 0 Å². The highest BCUT2D eigenvalue weighted by Crippen LogP contribution is 2.24. The molecule has 0 saturated heterocycles. The lowest BCUT2D eigenvalue weighted by atomic mass is 10.3. The van der Waals surface area contributed by atoms with Gasteiger partial charge >= 0.3 is 5.97 Å². The second kappa shape index (κ2) is 5.56. The van der Waals surface area contributed by atoms with Gasteiger partial charge in [-0.15, -0.1) is 0 Å². The van der Waals surface area contributed by atoms with Crippen LogP contribution in [-0.2, 0) is 9.53 Å². The first-order chi connectivity index (χ1) is 8.76. The predicted molar refractivity (Wildman–Crippen MR) is 67.3 cm³/mol. The van der Waals surface area contributed by atoms with E-state index in [1.54, 1.807) is 17.6 Å². The maximum absolute atomic E-state index is 11.3. The first-order valence-corrected chi connectivity index (χ1v) is 6.40. The van der Waals surface area contributed by atoms with Crippen LogP contribution in [0.25, 0.3) is 5.52 Å². The van der Waals surface area contributed by atoms with Crippen LogP contribution in [0.2, 0.25) is 0 Å². The van der Waals surface area contributed by atoms with E-state index < -0.39 is 0 Å². The number of pyridine rings is 1. The highest BCUT2D eigenvalue weighted by atomic mass is 32.2. The largest absolute Gasteiger partial charge is 0.465 e. The summed E-state index contributed by atoms with van der Waals surface area (Å²) in [5, 5.41) is 14.0. The SMILES string of the molecule is CCOC(=O)CSc1nn2ccccc2c1C#N. The van der Waals surface area contributed by atoms with Gasteiger partial charge < -0.3 is 4.74 Å². The number of carbonyl (C=O) groups is 1. The molecule has 0 saturated carbocycles. The van der Waals surface area contributed by atoms with Crippen LogP contribution in [0.3, 0.4) is 0 Å². The fourth-order valence-electron chi connectivity index (χ4n) is 1.51. The van der Waals surface area contributed by atoms with Crippen molar-refractivity contribution < 1.29 is 9.53 Å². The van der Waals surface area contributed by atoms with Gasteiger partial charge in [0, 0.05) is 6.20 Å². The van der Waals surface area contributed by atoms with E-state index in [0.29, 0.717) is 17.2 Å². The van der Waals surface area contributed by atoms with Gasteiger partial charge in [0.2, 0.25) is 0 Å². The van der Waals surface area contributed by atoms with E-state index in [1.807, 2.05) is 18.2 Å². The molecule has 0 bridgehead atoms. The number of ether oxygens (including phenoxy) is 1. The van der Waals surface area contributed by atoms with E-state index in [0.717, 1.165) is 5.52 Å². The molecule has 0 spiro atoms. The number of carbonyl (C=O) groups excluding carboxylic acids is 1. The first kappa shape index (κ1) is 12.5. The summed E-state index contributed by atoms with van der Waals surface area (Å²) >= 11 is 1.22. The zero-order valence-corrected chi connectivity index (χ0v) is 10.6. The minimum atomic E-state index is -0.302. The summed E-state index contributed by atoms with van der Waals surface area (Å²) in [5.74, 6) is -0.143. The Morgan fingerprint density at radius 2 is 2.44 bits per heavy atom. The van der Waals surface area contributed by atoms with Crippen molar-refractivity contribution in [1.29, 1.82) is 5.26 Å². The van der Waals surface area contributed by atoms with Crippen molar-refractivity contribution in [3.05, 3.63) is 30.0 Å². The van der Waals surface area contributed by atoms with Crippen molar-refractivity contribution >= 4 is 23.2 Å². The van der Waals surface area contributed by atoms with E-state index in [4.69, 9.17) is 10.00 Å². The summed E-state index contributed by atoms with van der Waals surface area (Å²) in [6.45, 7) is 2.11. The third-order valence-electron chi connectivity index (χ3n) is 2.25. The Labute approximate surface area is 108 Å². The van der Waals surface area contributed by atoms with E-state index in [-0.39, 0.29) is 11.7 Å². The molecule has 2 aromatic rings. The van der Waals surface area contributed by atoms with E-state index in [9.17, 15) is 4.79 Å². The van der Waals surface area contributed by atoms with Crippen molar-refractivity contribution in [3.8, 4) is 6.07 Å². The number of esters is 1. The quantitative estimate of drug-likeness (QED) is 0.620. The van der Waals surface area contributed by atoms with Gasteiger partial charge in [-0.3, -0.25) is 4.79 Å². The first-order valence-electron chi connectivity index (χ1n) is 5.42. The predicted octanol–water partition coefficient (Wildman–Crippen LogP) is 1.86. The second-order valence-corrected chi connectivity index (χ2v) is 4.38. The van der Waals surface area contributed by atoms with Crippen molar-refractivity contribution in [2.45, 2.75) is 11.9 Å². The summed E-state index contributed by atoms with van der Waals surface area (Å²) in [7, 11) is 0. The molecule has 0 atom stereocenters. The third-order valence-corrected chi connectivity index (χ3v) is 3.19. The molecule has 2 rings (SSSR count). The number of hydrogen-bond acceptors (Lipinski definition) is 5. The average Bonchev–Trinajstić information content (AvgIpc) is 2.74. The molecule has 2 heterocycles. The fourth-order valence-corrected chi connectivity index (χ4v) is 2.29. The smallest absolute Gasteiger partial charge is 0.316 e. The number of nitriles is 1. The minimum Gasteiger partial charge on any atom is -0.465 e. The number of aromatic nitrogens is 2. The standard InChI is InChI=1S/C12H11N3O2S/c1-2-17-11(16)8-18-12-9(7-13)10-5-3-4-6-15(10)14-12/h3-6H,2,8H2,1H3. The van der Waals surface area contributed by atoms with Crippen molar-refractivity contribution in [2.24, 2.45) is 0 Å². The molecule has 0 aromatic carbocycles. The topological polar surface area (TPSA) is 67.4 Å². The molecule has 0 amide bonds. The van der Waals surface area contributed by atoms with E-state index >= 15 is 0 Å². The second-order valence-electron chi connectivity index (χ2n) is 3.42. The maximum atomic E-state index is 11.3. The lowest BCUT2D eigenvalue weighted by Gasteiger charge is -1.99. The van der Waals surface area contributed by atoms with Crippen molar-refractivity contribution in [1.82, 2.24) is 9.61 Å². The molecule has 0 aliphatic heterocycles. The molecule has 0 fully saturated rings. The Kier molecular flexibility index (Phi) is 3.85. The Hall–Kier alpha value is -2.00. The Balaban J connectivity index is 2.23. The molecular formula is C12H11N3O2S. The van der Waals surface area contributed by atoms with Crippen molar-refractivity contribution in [3.63, 3.8) is 0 Å². The molecule has 0 aliphatic carbocycles. The van der Waals surface area contributed by atoms with Gasteiger partial charge in [0.1, 0.15) is 16.7 Å². The monoisotopic (exact) mass is 261 g/mol. The average molecular weight is 261 g/mol. The third kappa shape index (κ3) is 2.46. The number of hydrogen-bond donors (Lipinski definition) is 0. The van der Waals surface area contributed by atoms with Gasteiger partial charge in [0.25, 0.3) is 0 Å². The zero-order chi connectivity index (χ0) is 13.0. The Morgan fingerprint density at radius 1 is 1.61 bits per heavy atom. The van der Waals surface area contributed by atoms with Crippen LogP contribution in [0, 0.1) is 11.3 Å². The van der Waals surface area contributed by atoms with Crippen molar-refractivity contribution in [2.75, 3.05) is 12.4 Å².